The van der Waals surface area contributed by atoms with Crippen molar-refractivity contribution in [2.75, 3.05) is 20.3 Å². The van der Waals surface area contributed by atoms with Crippen LogP contribution in [0.25, 0.3) is 0 Å². The van der Waals surface area contributed by atoms with Crippen LogP contribution in [0.5, 0.6) is 5.75 Å². The molecule has 1 amide bonds. The lowest BCUT2D eigenvalue weighted by Gasteiger charge is -2.28. The topological polar surface area (TPSA) is 64.6 Å². The quantitative estimate of drug-likeness (QED) is 0.579. The fourth-order valence-electron chi connectivity index (χ4n) is 3.30. The number of rotatable bonds is 8. The summed E-state index contributed by atoms with van der Waals surface area (Å²) < 4.78 is 11.2. The Morgan fingerprint density at radius 3 is 2.68 bits per heavy atom. The highest BCUT2D eigenvalue weighted by Crippen LogP contribution is 2.26. The van der Waals surface area contributed by atoms with Crippen molar-refractivity contribution in [2.24, 2.45) is 5.92 Å². The summed E-state index contributed by atoms with van der Waals surface area (Å²) in [7, 11) is 1.56. The Labute approximate surface area is 150 Å². The molecule has 2 rings (SSSR count). The molecule has 25 heavy (non-hydrogen) atoms. The zero-order valence-electron chi connectivity index (χ0n) is 15.5. The van der Waals surface area contributed by atoms with Crippen molar-refractivity contribution in [1.29, 1.82) is 0 Å². The van der Waals surface area contributed by atoms with Gasteiger partial charge < -0.3 is 14.8 Å². The largest absolute Gasteiger partial charge is 0.496 e. The van der Waals surface area contributed by atoms with E-state index in [0.717, 1.165) is 12.0 Å². The maximum Gasteiger partial charge on any atom is 0.224 e. The average molecular weight is 347 g/mol. The number of carbonyl (C=O) groups excluding carboxylic acids is 2. The average Bonchev–Trinajstić information content (AvgIpc) is 2.60. The Balaban J connectivity index is 1.79. The Morgan fingerprint density at radius 1 is 1.24 bits per heavy atom. The predicted octanol–water partition coefficient (Wildman–Crippen LogP) is 3.15. The van der Waals surface area contributed by atoms with E-state index < -0.39 is 0 Å². The first-order chi connectivity index (χ1) is 12.0. The van der Waals surface area contributed by atoms with Crippen LogP contribution in [0.15, 0.2) is 18.2 Å². The van der Waals surface area contributed by atoms with Crippen molar-refractivity contribution < 1.29 is 19.1 Å². The van der Waals surface area contributed by atoms with Gasteiger partial charge in [0.05, 0.1) is 26.2 Å². The lowest BCUT2D eigenvalue weighted by molar-refractivity contribution is -0.120. The highest BCUT2D eigenvalue weighted by Gasteiger charge is 2.21. The molecule has 0 unspecified atom stereocenters. The molecule has 0 spiro atoms. The minimum Gasteiger partial charge on any atom is -0.496 e. The van der Waals surface area contributed by atoms with Gasteiger partial charge in [-0.3, -0.25) is 9.59 Å². The summed E-state index contributed by atoms with van der Waals surface area (Å²) in [6.07, 6.45) is 5.36. The van der Waals surface area contributed by atoms with E-state index in [0.29, 0.717) is 36.5 Å². The molecule has 0 radical (unpaired) electrons. The van der Waals surface area contributed by atoms with Crippen LogP contribution in [-0.4, -0.2) is 38.1 Å². The zero-order valence-corrected chi connectivity index (χ0v) is 15.5. The maximum absolute atomic E-state index is 12.2. The van der Waals surface area contributed by atoms with Crippen LogP contribution in [0.2, 0.25) is 0 Å². The minimum atomic E-state index is -0.0979. The van der Waals surface area contributed by atoms with E-state index in [9.17, 15) is 9.59 Å². The molecule has 1 aromatic rings. The fraction of sp³-hybridized carbons (Fsp3) is 0.600. The normalized spacial score (nSPS) is 20.1. The molecule has 0 heterocycles. The lowest BCUT2D eigenvalue weighted by Crippen LogP contribution is -2.32. The highest BCUT2D eigenvalue weighted by atomic mass is 16.5. The van der Waals surface area contributed by atoms with Gasteiger partial charge in [0.1, 0.15) is 5.75 Å². The third kappa shape index (κ3) is 5.85. The standard InChI is InChI=1S/C20H29NO4/c1-14-6-4-5-7-18(14)25-11-10-21-20(23)13-17-12-16(15(2)22)8-9-19(17)24-3/h8-9,12,14,18H,4-7,10-11,13H2,1-3H3,(H,21,23)/t14-,18+/m0/s1. The second kappa shape index (κ2) is 9.56. The van der Waals surface area contributed by atoms with Crippen molar-refractivity contribution in [3.05, 3.63) is 29.3 Å². The number of Topliss-reactive ketones (excluding diaryl/α,β-unsaturated/α-hetero) is 1. The van der Waals surface area contributed by atoms with Crippen LogP contribution in [0.1, 0.15) is 55.5 Å². The number of hydrogen-bond acceptors (Lipinski definition) is 4. The molecule has 0 aliphatic heterocycles. The Bertz CT molecular complexity index is 599. The third-order valence-corrected chi connectivity index (χ3v) is 4.83. The molecule has 1 fully saturated rings. The smallest absolute Gasteiger partial charge is 0.224 e. The molecular formula is C20H29NO4. The molecule has 1 aliphatic rings. The van der Waals surface area contributed by atoms with Crippen LogP contribution in [-0.2, 0) is 16.0 Å². The second-order valence-corrected chi connectivity index (χ2v) is 6.78. The van der Waals surface area contributed by atoms with E-state index in [-0.39, 0.29) is 18.1 Å². The Morgan fingerprint density at radius 2 is 2.00 bits per heavy atom. The van der Waals surface area contributed by atoms with Gasteiger partial charge in [-0.2, -0.15) is 0 Å². The first-order valence-electron chi connectivity index (χ1n) is 9.07. The van der Waals surface area contributed by atoms with Crippen molar-refractivity contribution in [1.82, 2.24) is 5.32 Å². The van der Waals surface area contributed by atoms with Crippen LogP contribution >= 0.6 is 0 Å². The molecule has 1 aromatic carbocycles. The van der Waals surface area contributed by atoms with Gasteiger partial charge in [0.2, 0.25) is 5.91 Å². The molecule has 138 valence electrons. The number of benzene rings is 1. The van der Waals surface area contributed by atoms with Gasteiger partial charge in [-0.25, -0.2) is 0 Å². The van der Waals surface area contributed by atoms with Gasteiger partial charge in [0.15, 0.2) is 5.78 Å². The molecule has 5 heteroatoms. The monoisotopic (exact) mass is 347 g/mol. The second-order valence-electron chi connectivity index (χ2n) is 6.78. The van der Waals surface area contributed by atoms with E-state index in [4.69, 9.17) is 9.47 Å². The van der Waals surface area contributed by atoms with E-state index >= 15 is 0 Å². The van der Waals surface area contributed by atoms with Gasteiger partial charge in [0.25, 0.3) is 0 Å². The van der Waals surface area contributed by atoms with Crippen LogP contribution < -0.4 is 10.1 Å². The van der Waals surface area contributed by atoms with E-state index in [1.165, 1.54) is 26.2 Å². The molecule has 1 N–H and O–H groups in total. The molecule has 0 aromatic heterocycles. The number of amides is 1. The summed E-state index contributed by atoms with van der Waals surface area (Å²) in [5.74, 6) is 1.09. The summed E-state index contributed by atoms with van der Waals surface area (Å²) in [5.41, 5.74) is 1.30. The number of ketones is 1. The minimum absolute atomic E-state index is 0.0284. The van der Waals surface area contributed by atoms with Crippen molar-refractivity contribution in [3.63, 3.8) is 0 Å². The first kappa shape index (κ1) is 19.4. The van der Waals surface area contributed by atoms with Crippen molar-refractivity contribution >= 4 is 11.7 Å². The predicted molar refractivity (Wildman–Crippen MR) is 97.1 cm³/mol. The summed E-state index contributed by atoms with van der Waals surface area (Å²) in [5, 5.41) is 2.88. The third-order valence-electron chi connectivity index (χ3n) is 4.83. The Hall–Kier alpha value is -1.88. The van der Waals surface area contributed by atoms with Crippen LogP contribution in [0.4, 0.5) is 0 Å². The number of carbonyl (C=O) groups is 2. The fourth-order valence-corrected chi connectivity index (χ4v) is 3.30. The number of nitrogens with one attached hydrogen (secondary N) is 1. The summed E-state index contributed by atoms with van der Waals surface area (Å²) in [4.78, 5) is 23.7. The van der Waals surface area contributed by atoms with E-state index in [1.807, 2.05) is 0 Å². The SMILES string of the molecule is COc1ccc(C(C)=O)cc1CC(=O)NCCO[C@@H]1CCCC[C@@H]1C. The summed E-state index contributed by atoms with van der Waals surface area (Å²) in [6, 6.07) is 5.16. The van der Waals surface area contributed by atoms with Gasteiger partial charge in [-0.05, 0) is 43.9 Å². The van der Waals surface area contributed by atoms with E-state index in [2.05, 4.69) is 12.2 Å². The molecule has 2 atom stereocenters. The van der Waals surface area contributed by atoms with Gasteiger partial charge >= 0.3 is 0 Å². The highest BCUT2D eigenvalue weighted by molar-refractivity contribution is 5.94. The Kier molecular flexibility index (Phi) is 7.44. The van der Waals surface area contributed by atoms with Gasteiger partial charge in [-0.15, -0.1) is 0 Å². The number of ether oxygens (including phenoxy) is 2. The van der Waals surface area contributed by atoms with E-state index in [1.54, 1.807) is 25.3 Å². The zero-order chi connectivity index (χ0) is 18.2. The van der Waals surface area contributed by atoms with Gasteiger partial charge in [0, 0.05) is 17.7 Å². The molecule has 1 saturated carbocycles. The first-order valence-corrected chi connectivity index (χ1v) is 9.07. The van der Waals surface area contributed by atoms with Crippen LogP contribution in [0.3, 0.4) is 0 Å². The molecule has 1 aliphatic carbocycles. The molecule has 5 nitrogen and oxygen atoms in total. The summed E-state index contributed by atoms with van der Waals surface area (Å²) in [6.45, 7) is 4.77. The lowest BCUT2D eigenvalue weighted by atomic mass is 9.88. The van der Waals surface area contributed by atoms with Crippen molar-refractivity contribution in [2.45, 2.75) is 52.1 Å². The maximum atomic E-state index is 12.2. The molecular weight excluding hydrogens is 318 g/mol. The van der Waals surface area contributed by atoms with Crippen molar-refractivity contribution in [3.8, 4) is 5.75 Å². The van der Waals surface area contributed by atoms with Crippen LogP contribution in [0, 0.1) is 5.92 Å². The molecule has 0 saturated heterocycles. The number of methoxy groups -OCH3 is 1. The van der Waals surface area contributed by atoms with Gasteiger partial charge in [-0.1, -0.05) is 19.8 Å². The summed E-state index contributed by atoms with van der Waals surface area (Å²) >= 11 is 0. The number of hydrogen-bond donors (Lipinski definition) is 1. The molecule has 0 bridgehead atoms.